The predicted octanol–water partition coefficient (Wildman–Crippen LogP) is 4.06. The zero-order valence-corrected chi connectivity index (χ0v) is 18.3. The van der Waals surface area contributed by atoms with E-state index in [2.05, 4.69) is 15.6 Å². The van der Waals surface area contributed by atoms with Crippen LogP contribution < -0.4 is 16.4 Å². The summed E-state index contributed by atoms with van der Waals surface area (Å²) < 4.78 is 0. The number of guanidine groups is 1. The van der Waals surface area contributed by atoms with Crippen molar-refractivity contribution in [1.82, 2.24) is 10.2 Å². The molecular weight excluding hydrogens is 453 g/mol. The maximum Gasteiger partial charge on any atom is 0.321 e. The third-order valence-corrected chi connectivity index (χ3v) is 5.21. The van der Waals surface area contributed by atoms with E-state index in [-0.39, 0.29) is 30.0 Å². The Morgan fingerprint density at radius 3 is 2.52 bits per heavy atom. The molecule has 1 aromatic carbocycles. The molecule has 3 rings (SSSR count). The molecule has 1 aliphatic carbocycles. The van der Waals surface area contributed by atoms with E-state index in [0.29, 0.717) is 18.5 Å². The summed E-state index contributed by atoms with van der Waals surface area (Å²) in [5.74, 6) is 0.517. The van der Waals surface area contributed by atoms with E-state index in [0.717, 1.165) is 37.2 Å². The summed E-state index contributed by atoms with van der Waals surface area (Å²) in [6, 6.07) is 8.27. The van der Waals surface area contributed by atoms with Crippen molar-refractivity contribution in [2.75, 3.05) is 18.4 Å². The van der Waals surface area contributed by atoms with Crippen molar-refractivity contribution in [3.05, 3.63) is 29.8 Å². The number of aliphatic imine (C=N–C) groups is 1. The van der Waals surface area contributed by atoms with Gasteiger partial charge in [-0.05, 0) is 43.4 Å². The van der Waals surface area contributed by atoms with Gasteiger partial charge in [0.25, 0.3) is 0 Å². The van der Waals surface area contributed by atoms with E-state index in [1.807, 2.05) is 29.2 Å². The Labute approximate surface area is 179 Å². The maximum atomic E-state index is 12.2. The molecule has 0 aromatic heterocycles. The largest absolute Gasteiger partial charge is 0.370 e. The average molecular weight is 485 g/mol. The number of anilines is 1. The van der Waals surface area contributed by atoms with Crippen LogP contribution >= 0.6 is 24.0 Å². The number of carbonyl (C=O) groups excluding carboxylic acids is 1. The zero-order chi connectivity index (χ0) is 18.2. The summed E-state index contributed by atoms with van der Waals surface area (Å²) >= 11 is 0. The molecule has 0 bridgehead atoms. The maximum absolute atomic E-state index is 12.2. The minimum absolute atomic E-state index is 0. The molecule has 1 saturated heterocycles. The quantitative estimate of drug-likeness (QED) is 0.260. The molecule has 6 nitrogen and oxygen atoms in total. The Kier molecular flexibility index (Phi) is 9.17. The van der Waals surface area contributed by atoms with Gasteiger partial charge < -0.3 is 21.3 Å². The highest BCUT2D eigenvalue weighted by Gasteiger charge is 2.17. The van der Waals surface area contributed by atoms with Crippen molar-refractivity contribution in [3.8, 4) is 0 Å². The predicted molar refractivity (Wildman–Crippen MR) is 122 cm³/mol. The second-order valence-electron chi connectivity index (χ2n) is 7.36. The zero-order valence-electron chi connectivity index (χ0n) is 16.0. The van der Waals surface area contributed by atoms with E-state index in [4.69, 9.17) is 5.73 Å². The molecule has 1 aromatic rings. The number of amides is 2. The molecule has 4 N–H and O–H groups in total. The van der Waals surface area contributed by atoms with Crippen molar-refractivity contribution in [2.24, 2.45) is 10.7 Å². The standard InChI is InChI=1S/C20H31N5O.HI/c21-19(23-17-9-3-1-2-4-10-17)22-15-16-8-7-11-18(14-16)24-20(26)25-12-5-6-13-25;/h7-8,11,14,17H,1-6,9-10,12-13,15H2,(H,24,26)(H3,21,22,23);1H. The molecule has 0 unspecified atom stereocenters. The highest BCUT2D eigenvalue weighted by atomic mass is 127. The molecule has 0 radical (unpaired) electrons. The first-order valence-corrected chi connectivity index (χ1v) is 9.92. The van der Waals surface area contributed by atoms with Gasteiger partial charge in [-0.25, -0.2) is 9.79 Å². The SMILES string of the molecule is I.NC(=NCc1cccc(NC(=O)N2CCCC2)c1)NC1CCCCCC1. The van der Waals surface area contributed by atoms with Gasteiger partial charge in [-0.15, -0.1) is 24.0 Å². The molecule has 27 heavy (non-hydrogen) atoms. The van der Waals surface area contributed by atoms with Gasteiger partial charge in [0.1, 0.15) is 0 Å². The molecule has 1 aliphatic heterocycles. The average Bonchev–Trinajstić information content (AvgIpc) is 3.06. The number of hydrogen-bond donors (Lipinski definition) is 3. The van der Waals surface area contributed by atoms with Crippen LogP contribution in [0.15, 0.2) is 29.3 Å². The van der Waals surface area contributed by atoms with Crippen LogP contribution in [0.3, 0.4) is 0 Å². The number of nitrogens with two attached hydrogens (primary N) is 1. The van der Waals surface area contributed by atoms with Crippen LogP contribution in [0.1, 0.15) is 56.9 Å². The third kappa shape index (κ3) is 7.20. The number of carbonyl (C=O) groups is 1. The van der Waals surface area contributed by atoms with Crippen molar-refractivity contribution in [1.29, 1.82) is 0 Å². The van der Waals surface area contributed by atoms with Gasteiger partial charge in [-0.3, -0.25) is 0 Å². The van der Waals surface area contributed by atoms with E-state index in [1.165, 1.54) is 38.5 Å². The van der Waals surface area contributed by atoms with Crippen LogP contribution in [0, 0.1) is 0 Å². The van der Waals surface area contributed by atoms with Gasteiger partial charge in [0.05, 0.1) is 6.54 Å². The van der Waals surface area contributed by atoms with Crippen molar-refractivity contribution in [3.63, 3.8) is 0 Å². The molecule has 1 heterocycles. The lowest BCUT2D eigenvalue weighted by Crippen LogP contribution is -2.39. The topological polar surface area (TPSA) is 82.7 Å². The molecule has 150 valence electrons. The number of benzene rings is 1. The van der Waals surface area contributed by atoms with Gasteiger partial charge >= 0.3 is 6.03 Å². The number of halogens is 1. The number of likely N-dealkylation sites (tertiary alicyclic amines) is 1. The van der Waals surface area contributed by atoms with Crippen LogP contribution in [0.5, 0.6) is 0 Å². The Morgan fingerprint density at radius 1 is 1.11 bits per heavy atom. The van der Waals surface area contributed by atoms with Gasteiger partial charge in [0.2, 0.25) is 0 Å². The van der Waals surface area contributed by atoms with Crippen LogP contribution in [0.4, 0.5) is 10.5 Å². The number of nitrogens with one attached hydrogen (secondary N) is 2. The van der Waals surface area contributed by atoms with Crippen LogP contribution in [0.2, 0.25) is 0 Å². The van der Waals surface area contributed by atoms with Gasteiger partial charge in [-0.1, -0.05) is 37.8 Å². The second kappa shape index (κ2) is 11.4. The summed E-state index contributed by atoms with van der Waals surface area (Å²) in [6.07, 6.45) is 9.72. The normalized spacial score (nSPS) is 18.5. The number of rotatable bonds is 4. The van der Waals surface area contributed by atoms with Gasteiger partial charge in [0, 0.05) is 24.8 Å². The fraction of sp³-hybridized carbons (Fsp3) is 0.600. The minimum Gasteiger partial charge on any atom is -0.370 e. The van der Waals surface area contributed by atoms with Crippen LogP contribution in [-0.2, 0) is 6.54 Å². The third-order valence-electron chi connectivity index (χ3n) is 5.21. The van der Waals surface area contributed by atoms with Gasteiger partial charge in [-0.2, -0.15) is 0 Å². The smallest absolute Gasteiger partial charge is 0.321 e. The molecule has 0 spiro atoms. The molecule has 7 heteroatoms. The molecule has 2 fully saturated rings. The Hall–Kier alpha value is -1.51. The van der Waals surface area contributed by atoms with Crippen molar-refractivity contribution >= 4 is 41.7 Å². The lowest BCUT2D eigenvalue weighted by Gasteiger charge is -2.17. The number of urea groups is 1. The Morgan fingerprint density at radius 2 is 1.81 bits per heavy atom. The summed E-state index contributed by atoms with van der Waals surface area (Å²) in [6.45, 7) is 2.21. The summed E-state index contributed by atoms with van der Waals surface area (Å²) in [4.78, 5) is 18.5. The number of hydrogen-bond acceptors (Lipinski definition) is 2. The summed E-state index contributed by atoms with van der Waals surface area (Å²) in [7, 11) is 0. The Bertz CT molecular complexity index is 623. The molecule has 2 amide bonds. The highest BCUT2D eigenvalue weighted by molar-refractivity contribution is 14.0. The lowest BCUT2D eigenvalue weighted by atomic mass is 10.1. The molecule has 2 aliphatic rings. The second-order valence-corrected chi connectivity index (χ2v) is 7.36. The Balaban J connectivity index is 0.00000261. The molecular formula is C20H32IN5O. The van der Waals surface area contributed by atoms with Crippen LogP contribution in [-0.4, -0.2) is 36.0 Å². The van der Waals surface area contributed by atoms with Crippen LogP contribution in [0.25, 0.3) is 0 Å². The van der Waals surface area contributed by atoms with Gasteiger partial charge in [0.15, 0.2) is 5.96 Å². The van der Waals surface area contributed by atoms with E-state index >= 15 is 0 Å². The summed E-state index contributed by atoms with van der Waals surface area (Å²) in [5, 5.41) is 6.34. The fourth-order valence-electron chi connectivity index (χ4n) is 3.73. The first kappa shape index (κ1) is 21.8. The fourth-order valence-corrected chi connectivity index (χ4v) is 3.73. The molecule has 0 atom stereocenters. The lowest BCUT2D eigenvalue weighted by molar-refractivity contribution is 0.222. The summed E-state index contributed by atoms with van der Waals surface area (Å²) in [5.41, 5.74) is 7.91. The monoisotopic (exact) mass is 485 g/mol. The van der Waals surface area contributed by atoms with Crippen molar-refractivity contribution < 1.29 is 4.79 Å². The first-order chi connectivity index (χ1) is 12.7. The molecule has 1 saturated carbocycles. The number of nitrogens with zero attached hydrogens (tertiary/aromatic N) is 2. The highest BCUT2D eigenvalue weighted by Crippen LogP contribution is 2.17. The van der Waals surface area contributed by atoms with E-state index in [9.17, 15) is 4.79 Å². The van der Waals surface area contributed by atoms with E-state index < -0.39 is 0 Å². The minimum atomic E-state index is -0.0160. The van der Waals surface area contributed by atoms with Crippen molar-refractivity contribution in [2.45, 2.75) is 64.0 Å². The van der Waals surface area contributed by atoms with E-state index in [1.54, 1.807) is 0 Å². The first-order valence-electron chi connectivity index (χ1n) is 9.92.